The van der Waals surface area contributed by atoms with Crippen molar-refractivity contribution in [1.82, 2.24) is 0 Å². The van der Waals surface area contributed by atoms with Gasteiger partial charge in [-0.05, 0) is 38.0 Å². The molecule has 1 aliphatic heterocycles. The fourth-order valence-corrected chi connectivity index (χ4v) is 2.79. The van der Waals surface area contributed by atoms with Crippen LogP contribution < -0.4 is 4.74 Å². The molecule has 0 saturated heterocycles. The Balaban J connectivity index is 1.93. The van der Waals surface area contributed by atoms with Crippen molar-refractivity contribution < 1.29 is 19.7 Å². The van der Waals surface area contributed by atoms with E-state index in [1.807, 2.05) is 50.3 Å². The van der Waals surface area contributed by atoms with Crippen LogP contribution in [0.1, 0.15) is 41.8 Å². The number of phenolic OH excluding ortho intramolecular Hbond substituents is 2. The van der Waals surface area contributed by atoms with Gasteiger partial charge in [-0.3, -0.25) is 4.79 Å². The lowest BCUT2D eigenvalue weighted by molar-refractivity contribution is 0.0966. The molecule has 1 heterocycles. The molecule has 0 unspecified atom stereocenters. The van der Waals surface area contributed by atoms with Gasteiger partial charge in [-0.25, -0.2) is 0 Å². The average Bonchev–Trinajstić information content (AvgIpc) is 2.52. The van der Waals surface area contributed by atoms with Crippen LogP contribution >= 0.6 is 0 Å². The van der Waals surface area contributed by atoms with Gasteiger partial charge in [0, 0.05) is 12.5 Å². The number of hydrogen-bond acceptors (Lipinski definition) is 4. The van der Waals surface area contributed by atoms with Crippen molar-refractivity contribution in [2.24, 2.45) is 0 Å². The van der Waals surface area contributed by atoms with Gasteiger partial charge in [-0.15, -0.1) is 0 Å². The van der Waals surface area contributed by atoms with Gasteiger partial charge in [0.1, 0.15) is 28.4 Å². The molecule has 4 heteroatoms. The maximum Gasteiger partial charge on any atom is 0.170 e. The first kappa shape index (κ1) is 16.1. The van der Waals surface area contributed by atoms with E-state index in [4.69, 9.17) is 4.74 Å². The molecule has 1 aliphatic rings. The van der Waals surface area contributed by atoms with E-state index in [1.54, 1.807) is 6.08 Å². The molecule has 0 amide bonds. The van der Waals surface area contributed by atoms with Gasteiger partial charge in [0.15, 0.2) is 5.78 Å². The number of hydrogen-bond donors (Lipinski definition) is 2. The van der Waals surface area contributed by atoms with Gasteiger partial charge >= 0.3 is 0 Å². The van der Waals surface area contributed by atoms with Crippen LogP contribution in [0.15, 0.2) is 42.5 Å². The van der Waals surface area contributed by atoms with Gasteiger partial charge in [0.05, 0.1) is 5.56 Å². The number of carbonyl (C=O) groups excluding carboxylic acids is 1. The highest BCUT2D eigenvalue weighted by Crippen LogP contribution is 2.44. The highest BCUT2D eigenvalue weighted by atomic mass is 16.5. The minimum absolute atomic E-state index is 0.103. The Bertz CT molecular complexity index is 804. The van der Waals surface area contributed by atoms with Crippen LogP contribution in [-0.4, -0.2) is 21.6 Å². The monoisotopic (exact) mass is 324 g/mol. The van der Waals surface area contributed by atoms with E-state index in [0.717, 1.165) is 5.56 Å². The molecule has 0 aromatic heterocycles. The normalized spacial score (nSPS) is 14.8. The molecular weight excluding hydrogens is 304 g/mol. The van der Waals surface area contributed by atoms with Crippen LogP contribution in [0.25, 0.3) is 6.08 Å². The van der Waals surface area contributed by atoms with Crippen LogP contribution in [0.4, 0.5) is 0 Å². The molecule has 0 fully saturated rings. The Morgan fingerprint density at radius 1 is 1.12 bits per heavy atom. The second kappa shape index (κ2) is 6.04. The SMILES string of the molecule is CC1(C)C=Cc2c(O)cc(O)c(C(=O)CCc3ccccc3)c2O1. The summed E-state index contributed by atoms with van der Waals surface area (Å²) in [5, 5.41) is 20.2. The van der Waals surface area contributed by atoms with Crippen LogP contribution in [0.3, 0.4) is 0 Å². The van der Waals surface area contributed by atoms with Crippen molar-refractivity contribution >= 4 is 11.9 Å². The Morgan fingerprint density at radius 2 is 1.83 bits per heavy atom. The number of fused-ring (bicyclic) bond motifs is 1. The van der Waals surface area contributed by atoms with E-state index in [-0.39, 0.29) is 35.0 Å². The van der Waals surface area contributed by atoms with Crippen LogP contribution in [0, 0.1) is 0 Å². The number of aryl methyl sites for hydroxylation is 1. The quantitative estimate of drug-likeness (QED) is 0.831. The fraction of sp³-hybridized carbons (Fsp3) is 0.250. The van der Waals surface area contributed by atoms with E-state index < -0.39 is 5.60 Å². The highest BCUT2D eigenvalue weighted by molar-refractivity contribution is 6.03. The molecule has 2 N–H and O–H groups in total. The van der Waals surface area contributed by atoms with E-state index in [2.05, 4.69) is 0 Å². The van der Waals surface area contributed by atoms with Crippen LogP contribution in [-0.2, 0) is 6.42 Å². The molecule has 2 aromatic carbocycles. The number of aromatic hydroxyl groups is 2. The molecule has 0 aliphatic carbocycles. The third-order valence-corrected chi connectivity index (χ3v) is 4.06. The van der Waals surface area contributed by atoms with Crippen LogP contribution in [0.2, 0.25) is 0 Å². The van der Waals surface area contributed by atoms with Gasteiger partial charge in [-0.2, -0.15) is 0 Å². The van der Waals surface area contributed by atoms with E-state index in [1.165, 1.54) is 6.07 Å². The standard InChI is InChI=1S/C20H20O4/c1-20(2)11-10-14-16(22)12-17(23)18(19(14)24-20)15(21)9-8-13-6-4-3-5-7-13/h3-7,10-12,22-23H,8-9H2,1-2H3. The van der Waals surface area contributed by atoms with Crippen molar-refractivity contribution in [2.45, 2.75) is 32.3 Å². The summed E-state index contributed by atoms with van der Waals surface area (Å²) in [7, 11) is 0. The summed E-state index contributed by atoms with van der Waals surface area (Å²) in [6.45, 7) is 3.71. The molecule has 3 rings (SSSR count). The third-order valence-electron chi connectivity index (χ3n) is 4.06. The first-order valence-corrected chi connectivity index (χ1v) is 7.92. The third kappa shape index (κ3) is 3.13. The molecule has 2 aromatic rings. The van der Waals surface area contributed by atoms with Gasteiger partial charge in [0.2, 0.25) is 0 Å². The lowest BCUT2D eigenvalue weighted by Gasteiger charge is -2.29. The molecule has 0 radical (unpaired) electrons. The molecule has 24 heavy (non-hydrogen) atoms. The van der Waals surface area contributed by atoms with Crippen molar-refractivity contribution in [3.63, 3.8) is 0 Å². The summed E-state index contributed by atoms with van der Waals surface area (Å²) in [4.78, 5) is 12.7. The first-order chi connectivity index (χ1) is 11.4. The minimum atomic E-state index is -0.609. The summed E-state index contributed by atoms with van der Waals surface area (Å²) in [6.07, 6.45) is 4.36. The van der Waals surface area contributed by atoms with Crippen molar-refractivity contribution in [1.29, 1.82) is 0 Å². The Hall–Kier alpha value is -2.75. The molecule has 4 nitrogen and oxygen atoms in total. The van der Waals surface area contributed by atoms with Crippen LogP contribution in [0.5, 0.6) is 17.2 Å². The summed E-state index contributed by atoms with van der Waals surface area (Å²) in [6, 6.07) is 10.9. The van der Waals surface area contributed by atoms with Gasteiger partial charge in [-0.1, -0.05) is 30.3 Å². The first-order valence-electron chi connectivity index (χ1n) is 7.92. The number of rotatable bonds is 4. The summed E-state index contributed by atoms with van der Waals surface area (Å²) in [5.74, 6) is -0.318. The molecule has 0 saturated carbocycles. The zero-order chi connectivity index (χ0) is 17.3. The number of Topliss-reactive ketones (excluding diaryl/α,β-unsaturated/α-hetero) is 1. The van der Waals surface area contributed by atoms with Crippen molar-refractivity contribution in [3.8, 4) is 17.2 Å². The number of ketones is 1. The fourth-order valence-electron chi connectivity index (χ4n) is 2.79. The predicted molar refractivity (Wildman–Crippen MR) is 92.6 cm³/mol. The summed E-state index contributed by atoms with van der Waals surface area (Å²) >= 11 is 0. The van der Waals surface area contributed by atoms with E-state index in [0.29, 0.717) is 12.0 Å². The Kier molecular flexibility index (Phi) is 4.06. The molecule has 0 spiro atoms. The largest absolute Gasteiger partial charge is 0.507 e. The summed E-state index contributed by atoms with van der Waals surface area (Å²) < 4.78 is 5.86. The highest BCUT2D eigenvalue weighted by Gasteiger charge is 2.30. The maximum atomic E-state index is 12.7. The molecule has 0 atom stereocenters. The van der Waals surface area contributed by atoms with Crippen molar-refractivity contribution in [3.05, 3.63) is 59.2 Å². The number of benzene rings is 2. The minimum Gasteiger partial charge on any atom is -0.507 e. The lowest BCUT2D eigenvalue weighted by atomic mass is 9.94. The van der Waals surface area contributed by atoms with Crippen molar-refractivity contribution in [2.75, 3.05) is 0 Å². The molecule has 124 valence electrons. The Morgan fingerprint density at radius 3 is 2.54 bits per heavy atom. The number of ether oxygens (including phenoxy) is 1. The molecule has 0 bridgehead atoms. The van der Waals surface area contributed by atoms with E-state index >= 15 is 0 Å². The number of carbonyl (C=O) groups is 1. The summed E-state index contributed by atoms with van der Waals surface area (Å²) in [5.41, 5.74) is 1.01. The molecular formula is C20H20O4. The van der Waals surface area contributed by atoms with Gasteiger partial charge in [0.25, 0.3) is 0 Å². The zero-order valence-electron chi connectivity index (χ0n) is 13.7. The maximum absolute atomic E-state index is 12.7. The lowest BCUT2D eigenvalue weighted by Crippen LogP contribution is -2.28. The van der Waals surface area contributed by atoms with E-state index in [9.17, 15) is 15.0 Å². The van der Waals surface area contributed by atoms with Gasteiger partial charge < -0.3 is 14.9 Å². The number of phenols is 2. The topological polar surface area (TPSA) is 66.8 Å². The predicted octanol–water partition coefficient (Wildman–Crippen LogP) is 4.10. The second-order valence-corrected chi connectivity index (χ2v) is 6.48. The smallest absolute Gasteiger partial charge is 0.170 e. The zero-order valence-corrected chi connectivity index (χ0v) is 13.7. The Labute approximate surface area is 141 Å². The average molecular weight is 324 g/mol. The second-order valence-electron chi connectivity index (χ2n) is 6.48.